The first kappa shape index (κ1) is 16.9. The fourth-order valence-electron chi connectivity index (χ4n) is 2.64. The number of nitrogens with one attached hydrogen (secondary N) is 1. The van der Waals surface area contributed by atoms with E-state index in [1.54, 1.807) is 31.3 Å². The second kappa shape index (κ2) is 7.71. The third kappa shape index (κ3) is 4.28. The number of urea groups is 1. The predicted molar refractivity (Wildman–Crippen MR) is 83.7 cm³/mol. The van der Waals surface area contributed by atoms with Crippen molar-refractivity contribution in [3.63, 3.8) is 0 Å². The number of methoxy groups -OCH3 is 2. The van der Waals surface area contributed by atoms with E-state index < -0.39 is 11.9 Å². The number of hydrogen-bond donors (Lipinski definition) is 2. The summed E-state index contributed by atoms with van der Waals surface area (Å²) in [5.41, 5.74) is 0.827. The molecule has 1 atom stereocenters. The minimum Gasteiger partial charge on any atom is -0.497 e. The first-order valence-electron chi connectivity index (χ1n) is 7.51. The molecule has 0 radical (unpaired) electrons. The Hall–Kier alpha value is -2.44. The number of nitrogens with zero attached hydrogens (tertiary/aromatic N) is 1. The maximum atomic E-state index is 12.2. The molecule has 23 heavy (non-hydrogen) atoms. The van der Waals surface area contributed by atoms with Crippen LogP contribution in [-0.2, 0) is 11.3 Å². The number of carboxylic acids is 1. The lowest BCUT2D eigenvalue weighted by atomic mass is 9.99. The summed E-state index contributed by atoms with van der Waals surface area (Å²) in [5.74, 6) is -0.0201. The van der Waals surface area contributed by atoms with E-state index in [-0.39, 0.29) is 12.6 Å². The fourth-order valence-corrected chi connectivity index (χ4v) is 2.64. The molecule has 1 aromatic rings. The maximum Gasteiger partial charge on any atom is 0.317 e. The topological polar surface area (TPSA) is 88.1 Å². The molecule has 2 amide bonds. The quantitative estimate of drug-likeness (QED) is 0.861. The Morgan fingerprint density at radius 1 is 1.35 bits per heavy atom. The number of carboxylic acid groups (broad SMARTS) is 1. The largest absolute Gasteiger partial charge is 0.497 e. The Bertz CT molecular complexity index is 576. The minimum absolute atomic E-state index is 0.251. The fraction of sp³-hybridized carbons (Fsp3) is 0.500. The summed E-state index contributed by atoms with van der Waals surface area (Å²) in [7, 11) is 3.13. The van der Waals surface area contributed by atoms with Gasteiger partial charge in [0, 0.05) is 31.3 Å². The standard InChI is InChI=1S/C16H22N2O5/c1-22-13-6-5-11(14(8-13)23-2)9-17-16(21)18-7-3-4-12(10-18)15(19)20/h5-6,8,12H,3-4,7,9-10H2,1-2H3,(H,17,21)(H,19,20). The van der Waals surface area contributed by atoms with Gasteiger partial charge in [-0.15, -0.1) is 0 Å². The SMILES string of the molecule is COc1ccc(CNC(=O)N2CCCC(C(=O)O)C2)c(OC)c1. The number of likely N-dealkylation sites (tertiary alicyclic amines) is 1. The van der Waals surface area contributed by atoms with Gasteiger partial charge in [0.15, 0.2) is 0 Å². The zero-order valence-corrected chi connectivity index (χ0v) is 13.4. The van der Waals surface area contributed by atoms with E-state index in [1.807, 2.05) is 6.07 Å². The molecule has 1 aromatic carbocycles. The molecule has 2 N–H and O–H groups in total. The van der Waals surface area contributed by atoms with Crippen LogP contribution < -0.4 is 14.8 Å². The van der Waals surface area contributed by atoms with Crippen LogP contribution in [-0.4, -0.2) is 49.3 Å². The van der Waals surface area contributed by atoms with Crippen molar-refractivity contribution in [3.05, 3.63) is 23.8 Å². The highest BCUT2D eigenvalue weighted by Crippen LogP contribution is 2.24. The Kier molecular flexibility index (Phi) is 5.67. The zero-order chi connectivity index (χ0) is 16.8. The summed E-state index contributed by atoms with van der Waals surface area (Å²) in [6, 6.07) is 5.12. The number of hydrogen-bond acceptors (Lipinski definition) is 4. The van der Waals surface area contributed by atoms with E-state index in [2.05, 4.69) is 5.32 Å². The molecule has 0 aliphatic carbocycles. The lowest BCUT2D eigenvalue weighted by Gasteiger charge is -2.30. The number of ether oxygens (including phenoxy) is 2. The van der Waals surface area contributed by atoms with Crippen molar-refractivity contribution in [1.82, 2.24) is 10.2 Å². The number of carbonyl (C=O) groups excluding carboxylic acids is 1. The van der Waals surface area contributed by atoms with Crippen molar-refractivity contribution in [1.29, 1.82) is 0 Å². The molecule has 1 aliphatic rings. The van der Waals surface area contributed by atoms with Crippen LogP contribution in [0.5, 0.6) is 11.5 Å². The molecule has 0 bridgehead atoms. The van der Waals surface area contributed by atoms with Crippen LogP contribution in [0, 0.1) is 5.92 Å². The van der Waals surface area contributed by atoms with Gasteiger partial charge in [0.1, 0.15) is 11.5 Å². The number of benzene rings is 1. The van der Waals surface area contributed by atoms with Gasteiger partial charge >= 0.3 is 12.0 Å². The molecule has 0 aromatic heterocycles. The maximum absolute atomic E-state index is 12.2. The molecule has 0 spiro atoms. The van der Waals surface area contributed by atoms with Crippen molar-refractivity contribution in [3.8, 4) is 11.5 Å². The van der Waals surface area contributed by atoms with Crippen LogP contribution in [0.25, 0.3) is 0 Å². The first-order chi connectivity index (χ1) is 11.0. The lowest BCUT2D eigenvalue weighted by molar-refractivity contribution is -0.143. The van der Waals surface area contributed by atoms with Crippen LogP contribution in [0.15, 0.2) is 18.2 Å². The molecule has 1 unspecified atom stereocenters. The molecule has 7 nitrogen and oxygen atoms in total. The Balaban J connectivity index is 1.95. The van der Waals surface area contributed by atoms with E-state index >= 15 is 0 Å². The smallest absolute Gasteiger partial charge is 0.317 e. The van der Waals surface area contributed by atoms with Gasteiger partial charge in [-0.05, 0) is 25.0 Å². The van der Waals surface area contributed by atoms with Gasteiger partial charge in [-0.2, -0.15) is 0 Å². The molecule has 126 valence electrons. The van der Waals surface area contributed by atoms with E-state index in [0.29, 0.717) is 37.4 Å². The normalized spacial score (nSPS) is 17.5. The highest BCUT2D eigenvalue weighted by molar-refractivity contribution is 5.76. The van der Waals surface area contributed by atoms with Gasteiger partial charge in [0.25, 0.3) is 0 Å². The Labute approximate surface area is 135 Å². The number of piperidine rings is 1. The van der Waals surface area contributed by atoms with Crippen LogP contribution >= 0.6 is 0 Å². The summed E-state index contributed by atoms with van der Waals surface area (Å²) in [6.07, 6.45) is 1.32. The molecule has 1 aliphatic heterocycles. The molecule has 1 heterocycles. The highest BCUT2D eigenvalue weighted by Gasteiger charge is 2.28. The van der Waals surface area contributed by atoms with Gasteiger partial charge < -0.3 is 24.8 Å². The van der Waals surface area contributed by atoms with Crippen molar-refractivity contribution < 1.29 is 24.2 Å². The van der Waals surface area contributed by atoms with E-state index in [1.165, 1.54) is 0 Å². The van der Waals surface area contributed by atoms with E-state index in [4.69, 9.17) is 14.6 Å². The minimum atomic E-state index is -0.848. The molecule has 1 saturated heterocycles. The average Bonchev–Trinajstić information content (AvgIpc) is 2.59. The summed E-state index contributed by atoms with van der Waals surface area (Å²) in [6.45, 7) is 1.14. The number of amides is 2. The number of aliphatic carboxylic acids is 1. The predicted octanol–water partition coefficient (Wildman–Crippen LogP) is 1.71. The zero-order valence-electron chi connectivity index (χ0n) is 13.4. The third-order valence-electron chi connectivity index (χ3n) is 3.98. The van der Waals surface area contributed by atoms with Gasteiger partial charge in [0.05, 0.1) is 20.1 Å². The van der Waals surface area contributed by atoms with Crippen molar-refractivity contribution in [2.75, 3.05) is 27.3 Å². The highest BCUT2D eigenvalue weighted by atomic mass is 16.5. The van der Waals surface area contributed by atoms with Gasteiger partial charge in [0.2, 0.25) is 0 Å². The van der Waals surface area contributed by atoms with Crippen molar-refractivity contribution in [2.45, 2.75) is 19.4 Å². The Morgan fingerprint density at radius 2 is 2.13 bits per heavy atom. The molecule has 7 heteroatoms. The summed E-state index contributed by atoms with van der Waals surface area (Å²) < 4.78 is 10.4. The van der Waals surface area contributed by atoms with Crippen molar-refractivity contribution >= 4 is 12.0 Å². The summed E-state index contributed by atoms with van der Waals surface area (Å²) >= 11 is 0. The van der Waals surface area contributed by atoms with Crippen LogP contribution in [0.4, 0.5) is 4.79 Å². The number of rotatable bonds is 5. The number of carbonyl (C=O) groups is 2. The molecule has 1 fully saturated rings. The van der Waals surface area contributed by atoms with Crippen molar-refractivity contribution in [2.24, 2.45) is 5.92 Å². The third-order valence-corrected chi connectivity index (χ3v) is 3.98. The van der Waals surface area contributed by atoms with Gasteiger partial charge in [-0.25, -0.2) is 4.79 Å². The average molecular weight is 322 g/mol. The summed E-state index contributed by atoms with van der Waals surface area (Å²) in [5, 5.41) is 11.9. The second-order valence-electron chi connectivity index (χ2n) is 5.46. The molecule has 0 saturated carbocycles. The second-order valence-corrected chi connectivity index (χ2v) is 5.46. The molecule has 2 rings (SSSR count). The lowest BCUT2D eigenvalue weighted by Crippen LogP contribution is -2.46. The van der Waals surface area contributed by atoms with Crippen LogP contribution in [0.2, 0.25) is 0 Å². The first-order valence-corrected chi connectivity index (χ1v) is 7.51. The molecular formula is C16H22N2O5. The van der Waals surface area contributed by atoms with E-state index in [0.717, 1.165) is 5.56 Å². The van der Waals surface area contributed by atoms with Crippen LogP contribution in [0.1, 0.15) is 18.4 Å². The monoisotopic (exact) mass is 322 g/mol. The molecular weight excluding hydrogens is 300 g/mol. The summed E-state index contributed by atoms with van der Waals surface area (Å²) in [4.78, 5) is 24.8. The van der Waals surface area contributed by atoms with Gasteiger partial charge in [-0.1, -0.05) is 0 Å². The van der Waals surface area contributed by atoms with Crippen LogP contribution in [0.3, 0.4) is 0 Å². The van der Waals surface area contributed by atoms with Gasteiger partial charge in [-0.3, -0.25) is 4.79 Å². The Morgan fingerprint density at radius 3 is 2.78 bits per heavy atom. The van der Waals surface area contributed by atoms with E-state index in [9.17, 15) is 9.59 Å².